The van der Waals surface area contributed by atoms with E-state index in [1.165, 1.54) is 0 Å². The van der Waals surface area contributed by atoms with Crippen molar-refractivity contribution in [2.24, 2.45) is 5.73 Å². The lowest BCUT2D eigenvalue weighted by atomic mass is 9.83. The van der Waals surface area contributed by atoms with Crippen molar-refractivity contribution in [3.8, 4) is 11.8 Å². The quantitative estimate of drug-likeness (QED) is 0.314. The van der Waals surface area contributed by atoms with Gasteiger partial charge >= 0.3 is 0 Å². The zero-order valence-corrected chi connectivity index (χ0v) is 22.3. The molecular formula is C31H34N4O4. The summed E-state index contributed by atoms with van der Waals surface area (Å²) < 4.78 is 5.50. The minimum atomic E-state index is -1.49. The average molecular weight is 527 g/mol. The maximum Gasteiger partial charge on any atom is 0.243 e. The van der Waals surface area contributed by atoms with E-state index in [0.29, 0.717) is 17.9 Å². The van der Waals surface area contributed by atoms with E-state index < -0.39 is 23.4 Å². The predicted octanol–water partition coefficient (Wildman–Crippen LogP) is 3.22. The van der Waals surface area contributed by atoms with E-state index >= 15 is 0 Å². The fourth-order valence-electron chi connectivity index (χ4n) is 4.33. The van der Waals surface area contributed by atoms with Crippen LogP contribution in [0, 0.1) is 11.3 Å². The number of nitrogens with two attached hydrogens (primary N) is 1. The molecule has 0 saturated carbocycles. The number of carbonyl (C=O) groups excluding carboxylic acids is 3. The van der Waals surface area contributed by atoms with Crippen LogP contribution in [0.15, 0.2) is 78.9 Å². The molecule has 0 aromatic heterocycles. The number of nitrogens with one attached hydrogen (secondary N) is 2. The lowest BCUT2D eigenvalue weighted by Crippen LogP contribution is -2.64. The normalized spacial score (nSPS) is 12.8. The number of primary amides is 1. The molecule has 0 spiro atoms. The van der Waals surface area contributed by atoms with E-state index in [1.54, 1.807) is 31.2 Å². The molecule has 3 rings (SSSR count). The van der Waals surface area contributed by atoms with Gasteiger partial charge in [-0.1, -0.05) is 61.5 Å². The average Bonchev–Trinajstić information content (AvgIpc) is 2.94. The molecule has 8 nitrogen and oxygen atoms in total. The first-order valence-electron chi connectivity index (χ1n) is 12.9. The molecule has 0 radical (unpaired) electrons. The van der Waals surface area contributed by atoms with Gasteiger partial charge < -0.3 is 21.1 Å². The Bertz CT molecular complexity index is 1300. The molecule has 0 aliphatic heterocycles. The summed E-state index contributed by atoms with van der Waals surface area (Å²) in [5, 5.41) is 14.9. The van der Waals surface area contributed by atoms with E-state index in [1.807, 2.05) is 61.5 Å². The third-order valence-corrected chi connectivity index (χ3v) is 6.42. The number of rotatable bonds is 13. The highest BCUT2D eigenvalue weighted by molar-refractivity contribution is 5.94. The lowest BCUT2D eigenvalue weighted by Gasteiger charge is -2.34. The van der Waals surface area contributed by atoms with Crippen LogP contribution < -0.4 is 21.1 Å². The SMILES string of the molecule is CCOc1ccc(C[C@@H](NC(=O)CC)C(=O)NC(Cc2ccccc2)(Cc2ccc(C#N)cc2)C(N)=O)cc1. The minimum absolute atomic E-state index is 0.103. The summed E-state index contributed by atoms with van der Waals surface area (Å²) in [6, 6.07) is 24.5. The van der Waals surface area contributed by atoms with Crippen LogP contribution in [0.3, 0.4) is 0 Å². The van der Waals surface area contributed by atoms with Crippen LogP contribution in [0.4, 0.5) is 0 Å². The van der Waals surface area contributed by atoms with Gasteiger partial charge in [0.15, 0.2) is 0 Å². The van der Waals surface area contributed by atoms with Crippen molar-refractivity contribution >= 4 is 17.7 Å². The number of ether oxygens (including phenoxy) is 1. The van der Waals surface area contributed by atoms with Crippen LogP contribution in [-0.4, -0.2) is 35.9 Å². The number of amides is 3. The van der Waals surface area contributed by atoms with Gasteiger partial charge in [-0.3, -0.25) is 14.4 Å². The van der Waals surface area contributed by atoms with Gasteiger partial charge in [0.25, 0.3) is 0 Å². The highest BCUT2D eigenvalue weighted by atomic mass is 16.5. The molecule has 0 heterocycles. The molecule has 2 atom stereocenters. The lowest BCUT2D eigenvalue weighted by molar-refractivity contribution is -0.134. The first kappa shape index (κ1) is 28.9. The van der Waals surface area contributed by atoms with Gasteiger partial charge in [0.05, 0.1) is 18.2 Å². The highest BCUT2D eigenvalue weighted by Gasteiger charge is 2.40. The maximum absolute atomic E-state index is 13.8. The van der Waals surface area contributed by atoms with Gasteiger partial charge in [0.2, 0.25) is 17.7 Å². The Balaban J connectivity index is 1.95. The molecule has 3 amide bonds. The molecule has 1 unspecified atom stereocenters. The number of benzene rings is 3. The van der Waals surface area contributed by atoms with Gasteiger partial charge in [-0.2, -0.15) is 5.26 Å². The van der Waals surface area contributed by atoms with Crippen LogP contribution in [0.1, 0.15) is 42.5 Å². The Hall–Kier alpha value is -4.64. The molecule has 0 bridgehead atoms. The van der Waals surface area contributed by atoms with Crippen LogP contribution in [-0.2, 0) is 33.6 Å². The first-order valence-corrected chi connectivity index (χ1v) is 12.9. The molecule has 4 N–H and O–H groups in total. The van der Waals surface area contributed by atoms with Gasteiger partial charge in [0.1, 0.15) is 17.3 Å². The van der Waals surface area contributed by atoms with Gasteiger partial charge in [0, 0.05) is 25.7 Å². The molecule has 0 aliphatic carbocycles. The molecule has 0 saturated heterocycles. The summed E-state index contributed by atoms with van der Waals surface area (Å²) in [5.74, 6) is -0.807. The fourth-order valence-corrected chi connectivity index (χ4v) is 4.33. The zero-order valence-electron chi connectivity index (χ0n) is 22.3. The van der Waals surface area contributed by atoms with Crippen molar-refractivity contribution in [2.45, 2.75) is 51.1 Å². The van der Waals surface area contributed by atoms with E-state index in [-0.39, 0.29) is 31.6 Å². The monoisotopic (exact) mass is 526 g/mol. The third kappa shape index (κ3) is 8.17. The smallest absolute Gasteiger partial charge is 0.243 e. The van der Waals surface area contributed by atoms with Crippen LogP contribution in [0.2, 0.25) is 0 Å². The van der Waals surface area contributed by atoms with Gasteiger partial charge in [-0.25, -0.2) is 0 Å². The van der Waals surface area contributed by atoms with E-state index in [4.69, 9.17) is 15.7 Å². The largest absolute Gasteiger partial charge is 0.494 e. The summed E-state index contributed by atoms with van der Waals surface area (Å²) in [4.78, 5) is 39.2. The van der Waals surface area contributed by atoms with Crippen molar-refractivity contribution in [3.63, 3.8) is 0 Å². The van der Waals surface area contributed by atoms with Crippen LogP contribution in [0.25, 0.3) is 0 Å². The number of hydrogen-bond donors (Lipinski definition) is 3. The Kier molecular flexibility index (Phi) is 10.2. The van der Waals surface area contributed by atoms with Crippen LogP contribution >= 0.6 is 0 Å². The van der Waals surface area contributed by atoms with E-state index in [2.05, 4.69) is 16.7 Å². The fraction of sp³-hybridized carbons (Fsp3) is 0.290. The van der Waals surface area contributed by atoms with E-state index in [0.717, 1.165) is 16.7 Å². The Morgan fingerprint density at radius 2 is 1.49 bits per heavy atom. The summed E-state index contributed by atoms with van der Waals surface area (Å²) in [6.07, 6.45) is 0.656. The summed E-state index contributed by atoms with van der Waals surface area (Å²) in [7, 11) is 0. The molecule has 39 heavy (non-hydrogen) atoms. The molecule has 3 aromatic rings. The molecule has 202 valence electrons. The van der Waals surface area contributed by atoms with Crippen LogP contribution in [0.5, 0.6) is 5.75 Å². The van der Waals surface area contributed by atoms with Gasteiger partial charge in [-0.05, 0) is 47.9 Å². The van der Waals surface area contributed by atoms with Crippen molar-refractivity contribution in [2.75, 3.05) is 6.61 Å². The zero-order chi connectivity index (χ0) is 28.3. The number of hydrogen-bond acceptors (Lipinski definition) is 5. The minimum Gasteiger partial charge on any atom is -0.494 e. The molecule has 3 aromatic carbocycles. The Morgan fingerprint density at radius 3 is 2.03 bits per heavy atom. The summed E-state index contributed by atoms with van der Waals surface area (Å²) >= 11 is 0. The topological polar surface area (TPSA) is 134 Å². The number of nitriles is 1. The Morgan fingerprint density at radius 1 is 0.897 bits per heavy atom. The standard InChI is InChI=1S/C31H34N4O4/c1-3-28(36)34-27(18-22-14-16-26(17-15-22)39-4-2)29(37)35-31(30(33)38,19-23-8-6-5-7-9-23)20-24-10-12-25(21-32)13-11-24/h5-17,27H,3-4,18-20H2,1-2H3,(H2,33,38)(H,34,36)(H,35,37)/t27-,31?/m1/s1. The first-order chi connectivity index (χ1) is 18.8. The second-order valence-electron chi connectivity index (χ2n) is 9.34. The predicted molar refractivity (Wildman–Crippen MR) is 149 cm³/mol. The van der Waals surface area contributed by atoms with Crippen molar-refractivity contribution < 1.29 is 19.1 Å². The highest BCUT2D eigenvalue weighted by Crippen LogP contribution is 2.22. The third-order valence-electron chi connectivity index (χ3n) is 6.42. The van der Waals surface area contributed by atoms with Gasteiger partial charge in [-0.15, -0.1) is 0 Å². The Labute approximate surface area is 229 Å². The molecule has 0 fully saturated rings. The summed E-state index contributed by atoms with van der Waals surface area (Å²) in [6.45, 7) is 4.13. The van der Waals surface area contributed by atoms with Crippen molar-refractivity contribution in [1.29, 1.82) is 5.26 Å². The molecule has 8 heteroatoms. The molecular weight excluding hydrogens is 492 g/mol. The van der Waals surface area contributed by atoms with E-state index in [9.17, 15) is 14.4 Å². The van der Waals surface area contributed by atoms with Crippen molar-refractivity contribution in [3.05, 3.63) is 101 Å². The van der Waals surface area contributed by atoms with Crippen molar-refractivity contribution in [1.82, 2.24) is 10.6 Å². The number of nitrogens with zero attached hydrogens (tertiary/aromatic N) is 1. The second-order valence-corrected chi connectivity index (χ2v) is 9.34. The number of carbonyl (C=O) groups is 3. The second kappa shape index (κ2) is 13.8. The molecule has 0 aliphatic rings. The maximum atomic E-state index is 13.8. The summed E-state index contributed by atoms with van der Waals surface area (Å²) in [5.41, 5.74) is 7.34.